The van der Waals surface area contributed by atoms with E-state index in [1.54, 1.807) is 14.2 Å². The summed E-state index contributed by atoms with van der Waals surface area (Å²) in [6.07, 6.45) is 0. The molecule has 1 aromatic rings. The molecule has 1 aliphatic heterocycles. The second-order valence-electron chi connectivity index (χ2n) is 4.56. The molecule has 1 aliphatic rings. The third-order valence-corrected chi connectivity index (χ3v) is 3.64. The van der Waals surface area contributed by atoms with E-state index in [2.05, 4.69) is 4.90 Å². The van der Waals surface area contributed by atoms with Crippen LogP contribution >= 0.6 is 12.2 Å². The van der Waals surface area contributed by atoms with Gasteiger partial charge in [-0.15, -0.1) is 0 Å². The van der Waals surface area contributed by atoms with Crippen LogP contribution in [-0.2, 0) is 4.74 Å². The highest BCUT2D eigenvalue weighted by molar-refractivity contribution is 7.80. The number of hydrogen-bond donors (Lipinski definition) is 1. The minimum atomic E-state index is -0.168. The molecule has 1 heterocycles. The van der Waals surface area contributed by atoms with Crippen LogP contribution in [0.3, 0.4) is 0 Å². The van der Waals surface area contributed by atoms with Gasteiger partial charge in [0.05, 0.1) is 38.5 Å². The van der Waals surface area contributed by atoms with Crippen molar-refractivity contribution in [2.75, 3.05) is 40.5 Å². The average molecular weight is 296 g/mol. The quantitative estimate of drug-likeness (QED) is 0.828. The number of nitrogens with two attached hydrogens (primary N) is 1. The van der Waals surface area contributed by atoms with Crippen LogP contribution in [0.2, 0.25) is 0 Å². The minimum Gasteiger partial charge on any atom is -0.497 e. The summed E-state index contributed by atoms with van der Waals surface area (Å²) in [5.41, 5.74) is 6.90. The van der Waals surface area contributed by atoms with E-state index in [4.69, 9.17) is 32.2 Å². The van der Waals surface area contributed by atoms with E-state index in [0.29, 0.717) is 18.2 Å². The van der Waals surface area contributed by atoms with Gasteiger partial charge < -0.3 is 19.9 Å². The summed E-state index contributed by atoms with van der Waals surface area (Å²) in [5.74, 6) is 1.52. The number of benzene rings is 1. The standard InChI is InChI=1S/C14H20N2O3S/c1-17-10-3-4-12(18-2)11(9-10)13(14(15)20)16-5-7-19-8-6-16/h3-4,9,13H,5-8H2,1-2H3,(H2,15,20). The Morgan fingerprint density at radius 1 is 1.30 bits per heavy atom. The highest BCUT2D eigenvalue weighted by Crippen LogP contribution is 2.33. The number of nitrogens with zero attached hydrogens (tertiary/aromatic N) is 1. The molecule has 1 saturated heterocycles. The smallest absolute Gasteiger partial charge is 0.124 e. The summed E-state index contributed by atoms with van der Waals surface area (Å²) in [6.45, 7) is 2.96. The van der Waals surface area contributed by atoms with Gasteiger partial charge in [-0.1, -0.05) is 12.2 Å². The average Bonchev–Trinajstić information content (AvgIpc) is 2.48. The van der Waals surface area contributed by atoms with E-state index in [1.807, 2.05) is 18.2 Å². The largest absolute Gasteiger partial charge is 0.497 e. The predicted molar refractivity (Wildman–Crippen MR) is 81.5 cm³/mol. The van der Waals surface area contributed by atoms with E-state index in [0.717, 1.165) is 30.2 Å². The van der Waals surface area contributed by atoms with E-state index >= 15 is 0 Å². The van der Waals surface area contributed by atoms with Crippen LogP contribution in [0, 0.1) is 0 Å². The maximum Gasteiger partial charge on any atom is 0.124 e. The third-order valence-electron chi connectivity index (χ3n) is 3.41. The summed E-state index contributed by atoms with van der Waals surface area (Å²) in [7, 11) is 3.28. The lowest BCUT2D eigenvalue weighted by Gasteiger charge is -2.34. The van der Waals surface area contributed by atoms with Gasteiger partial charge in [0.1, 0.15) is 11.5 Å². The van der Waals surface area contributed by atoms with Crippen LogP contribution in [0.25, 0.3) is 0 Å². The second kappa shape index (κ2) is 6.88. The highest BCUT2D eigenvalue weighted by atomic mass is 32.1. The molecule has 1 aromatic carbocycles. The molecule has 0 saturated carbocycles. The maximum atomic E-state index is 5.97. The first-order valence-electron chi connectivity index (χ1n) is 6.50. The molecule has 0 bridgehead atoms. The highest BCUT2D eigenvalue weighted by Gasteiger charge is 2.27. The lowest BCUT2D eigenvalue weighted by Crippen LogP contribution is -2.43. The van der Waals surface area contributed by atoms with Gasteiger partial charge in [-0.2, -0.15) is 0 Å². The van der Waals surface area contributed by atoms with E-state index in [1.165, 1.54) is 0 Å². The number of thiocarbonyl (C=S) groups is 1. The van der Waals surface area contributed by atoms with E-state index in [9.17, 15) is 0 Å². The van der Waals surface area contributed by atoms with Crippen molar-refractivity contribution in [2.24, 2.45) is 5.73 Å². The Morgan fingerprint density at radius 3 is 2.55 bits per heavy atom. The number of rotatable bonds is 5. The molecule has 0 aromatic heterocycles. The van der Waals surface area contributed by atoms with E-state index < -0.39 is 0 Å². The maximum absolute atomic E-state index is 5.97. The summed E-state index contributed by atoms with van der Waals surface area (Å²) in [4.78, 5) is 2.64. The normalized spacial score (nSPS) is 17.5. The Morgan fingerprint density at radius 2 is 2.00 bits per heavy atom. The molecule has 2 rings (SSSR count). The van der Waals surface area contributed by atoms with Gasteiger partial charge in [0.15, 0.2) is 0 Å². The molecule has 0 spiro atoms. The van der Waals surface area contributed by atoms with Gasteiger partial charge in [0.2, 0.25) is 0 Å². The number of morpholine rings is 1. The lowest BCUT2D eigenvalue weighted by molar-refractivity contribution is 0.0285. The number of hydrogen-bond acceptors (Lipinski definition) is 5. The second-order valence-corrected chi connectivity index (χ2v) is 5.03. The molecule has 0 aliphatic carbocycles. The fourth-order valence-corrected chi connectivity index (χ4v) is 2.69. The summed E-state index contributed by atoms with van der Waals surface area (Å²) in [6, 6.07) is 5.50. The van der Waals surface area contributed by atoms with Crippen molar-refractivity contribution in [3.05, 3.63) is 23.8 Å². The molecule has 0 amide bonds. The van der Waals surface area contributed by atoms with Crippen LogP contribution in [0.1, 0.15) is 11.6 Å². The third kappa shape index (κ3) is 3.20. The van der Waals surface area contributed by atoms with Crippen LogP contribution in [0.5, 0.6) is 11.5 Å². The molecule has 1 unspecified atom stereocenters. The minimum absolute atomic E-state index is 0.168. The fourth-order valence-electron chi connectivity index (χ4n) is 2.42. The Labute approximate surface area is 124 Å². The Bertz CT molecular complexity index is 475. The molecule has 6 heteroatoms. The van der Waals surface area contributed by atoms with Gasteiger partial charge in [-0.25, -0.2) is 0 Å². The summed E-state index contributed by atoms with van der Waals surface area (Å²) < 4.78 is 16.1. The molecule has 110 valence electrons. The molecule has 5 nitrogen and oxygen atoms in total. The Hall–Kier alpha value is -1.37. The van der Waals surface area contributed by atoms with Crippen molar-refractivity contribution < 1.29 is 14.2 Å². The first-order valence-corrected chi connectivity index (χ1v) is 6.91. The van der Waals surface area contributed by atoms with Crippen LogP contribution in [0.15, 0.2) is 18.2 Å². The summed E-state index contributed by atoms with van der Waals surface area (Å²) in [5, 5.41) is 0. The van der Waals surface area contributed by atoms with Gasteiger partial charge >= 0.3 is 0 Å². The molecular weight excluding hydrogens is 276 g/mol. The SMILES string of the molecule is COc1ccc(OC)c(C(C(N)=S)N2CCOCC2)c1. The van der Waals surface area contributed by atoms with Gasteiger partial charge in [0, 0.05) is 18.7 Å². The van der Waals surface area contributed by atoms with Gasteiger partial charge in [-0.3, -0.25) is 4.90 Å². The zero-order valence-corrected chi connectivity index (χ0v) is 12.6. The first kappa shape index (κ1) is 15.0. The topological polar surface area (TPSA) is 57.0 Å². The van der Waals surface area contributed by atoms with Crippen molar-refractivity contribution in [3.63, 3.8) is 0 Å². The molecular formula is C14H20N2O3S. The summed E-state index contributed by atoms with van der Waals surface area (Å²) >= 11 is 5.27. The van der Waals surface area contributed by atoms with Crippen molar-refractivity contribution >= 4 is 17.2 Å². The van der Waals surface area contributed by atoms with Crippen molar-refractivity contribution in [1.82, 2.24) is 4.90 Å². The van der Waals surface area contributed by atoms with Crippen molar-refractivity contribution in [3.8, 4) is 11.5 Å². The first-order chi connectivity index (χ1) is 9.67. The molecule has 1 fully saturated rings. The van der Waals surface area contributed by atoms with Gasteiger partial charge in [-0.05, 0) is 18.2 Å². The zero-order valence-electron chi connectivity index (χ0n) is 11.8. The monoisotopic (exact) mass is 296 g/mol. The molecule has 1 atom stereocenters. The Kier molecular flexibility index (Phi) is 5.17. The molecule has 20 heavy (non-hydrogen) atoms. The van der Waals surface area contributed by atoms with Crippen LogP contribution in [0.4, 0.5) is 0 Å². The van der Waals surface area contributed by atoms with Crippen LogP contribution < -0.4 is 15.2 Å². The number of ether oxygens (including phenoxy) is 3. The molecule has 2 N–H and O–H groups in total. The van der Waals surface area contributed by atoms with Crippen molar-refractivity contribution in [2.45, 2.75) is 6.04 Å². The molecule has 0 radical (unpaired) electrons. The fraction of sp³-hybridized carbons (Fsp3) is 0.500. The van der Waals surface area contributed by atoms with Gasteiger partial charge in [0.25, 0.3) is 0 Å². The van der Waals surface area contributed by atoms with Crippen molar-refractivity contribution in [1.29, 1.82) is 0 Å². The van der Waals surface area contributed by atoms with E-state index in [-0.39, 0.29) is 6.04 Å². The lowest BCUT2D eigenvalue weighted by atomic mass is 10.0. The number of methoxy groups -OCH3 is 2. The zero-order chi connectivity index (χ0) is 14.5. The Balaban J connectivity index is 2.39. The predicted octanol–water partition coefficient (Wildman–Crippen LogP) is 1.36. The van der Waals surface area contributed by atoms with Crippen LogP contribution in [-0.4, -0.2) is 50.4 Å².